The SMILES string of the molecule is CCCCCCCCCCCCCCCCCCOC[C@H](CO)OP(=O)(O)O[C@H]1C[C@H](n2cc(C)c(=O)[nH]c2=O)O[C@@H]1CON=[N+]=[N-]. The number of aryl methyl sites for hydroxylation is 1. The van der Waals surface area contributed by atoms with Crippen molar-refractivity contribution in [1.29, 1.82) is 0 Å². The lowest BCUT2D eigenvalue weighted by Gasteiger charge is -2.23. The van der Waals surface area contributed by atoms with Crippen molar-refractivity contribution in [2.24, 2.45) is 5.28 Å². The highest BCUT2D eigenvalue weighted by Gasteiger charge is 2.43. The predicted octanol–water partition coefficient (Wildman–Crippen LogP) is 6.52. The van der Waals surface area contributed by atoms with Crippen molar-refractivity contribution in [2.75, 3.05) is 26.4 Å². The lowest BCUT2D eigenvalue weighted by atomic mass is 10.0. The molecule has 1 fully saturated rings. The summed E-state index contributed by atoms with van der Waals surface area (Å²) in [6.45, 7) is 3.15. The second kappa shape index (κ2) is 24.0. The van der Waals surface area contributed by atoms with Crippen LogP contribution in [0.1, 0.15) is 128 Å². The number of azide groups is 1. The van der Waals surface area contributed by atoms with E-state index < -0.39 is 50.2 Å². The number of aliphatic hydroxyl groups is 1. The van der Waals surface area contributed by atoms with Crippen molar-refractivity contribution < 1.29 is 37.9 Å². The molecule has 1 aliphatic heterocycles. The molecule has 2 rings (SSSR count). The summed E-state index contributed by atoms with van der Waals surface area (Å²) in [5.74, 6) is 0. The van der Waals surface area contributed by atoms with Crippen LogP contribution in [0, 0.1) is 6.92 Å². The van der Waals surface area contributed by atoms with Crippen molar-refractivity contribution in [3.63, 3.8) is 0 Å². The van der Waals surface area contributed by atoms with E-state index in [2.05, 4.69) is 22.1 Å². The van der Waals surface area contributed by atoms with Gasteiger partial charge in [-0.2, -0.15) is 0 Å². The number of nitrogens with one attached hydrogen (secondary N) is 1. The molecule has 5 atom stereocenters. The van der Waals surface area contributed by atoms with Gasteiger partial charge in [0.15, 0.2) is 0 Å². The van der Waals surface area contributed by atoms with Crippen LogP contribution in [-0.2, 0) is 27.9 Å². The lowest BCUT2D eigenvalue weighted by Crippen LogP contribution is -2.33. The molecule has 1 aromatic rings. The number of phosphoric acid groups is 1. The number of rotatable bonds is 28. The summed E-state index contributed by atoms with van der Waals surface area (Å²) in [6.07, 6.45) is 17.2. The Bertz CT molecular complexity index is 1210. The number of aromatic nitrogens is 2. The van der Waals surface area contributed by atoms with Gasteiger partial charge < -0.3 is 24.3 Å². The standard InChI is InChI=1S/C31H56N5O10P/c1-3-4-5-6-7-8-9-10-11-12-13-14-15-16-17-18-19-42-23-26(22-37)45-47(40,41)46-27-20-29(44-28(27)24-43-35-34-32)36-21-25(2)30(38)33-31(36)39/h21,26-29,37H,3-20,22-24H2,1-2H3,(H,40,41)(H,33,38,39)/t26-,27-,28+,29+/m0/s1. The largest absolute Gasteiger partial charge is 0.472 e. The minimum atomic E-state index is -4.76. The molecular formula is C31H56N5O10P. The van der Waals surface area contributed by atoms with Crippen molar-refractivity contribution in [3.05, 3.63) is 43.0 Å². The van der Waals surface area contributed by atoms with Gasteiger partial charge in [-0.25, -0.2) is 9.36 Å². The van der Waals surface area contributed by atoms with Gasteiger partial charge in [-0.05, 0) is 18.9 Å². The van der Waals surface area contributed by atoms with Crippen LogP contribution in [0.5, 0.6) is 0 Å². The molecule has 0 spiro atoms. The van der Waals surface area contributed by atoms with Crippen molar-refractivity contribution in [1.82, 2.24) is 9.55 Å². The van der Waals surface area contributed by atoms with E-state index in [0.29, 0.717) is 6.61 Å². The Morgan fingerprint density at radius 3 is 2.17 bits per heavy atom. The van der Waals surface area contributed by atoms with E-state index in [9.17, 15) is 24.2 Å². The zero-order valence-corrected chi connectivity index (χ0v) is 29.0. The number of phosphoric ester groups is 1. The zero-order valence-electron chi connectivity index (χ0n) is 28.1. The monoisotopic (exact) mass is 689 g/mol. The van der Waals surface area contributed by atoms with Crippen molar-refractivity contribution in [2.45, 2.75) is 148 Å². The molecule has 0 aromatic carbocycles. The average molecular weight is 690 g/mol. The van der Waals surface area contributed by atoms with Gasteiger partial charge in [0.1, 0.15) is 36.4 Å². The van der Waals surface area contributed by atoms with Crippen molar-refractivity contribution in [3.8, 4) is 0 Å². The van der Waals surface area contributed by atoms with Crippen LogP contribution < -0.4 is 11.2 Å². The maximum absolute atomic E-state index is 12.9. The smallest absolute Gasteiger partial charge is 0.431 e. The predicted molar refractivity (Wildman–Crippen MR) is 177 cm³/mol. The van der Waals surface area contributed by atoms with E-state index in [1.165, 1.54) is 96.6 Å². The number of hydrogen-bond acceptors (Lipinski definition) is 10. The molecule has 0 radical (unpaired) electrons. The quantitative estimate of drug-likeness (QED) is 0.0217. The first-order valence-corrected chi connectivity index (χ1v) is 18.7. The normalized spacial score (nSPS) is 19.7. The van der Waals surface area contributed by atoms with Crippen LogP contribution in [0.3, 0.4) is 0 Å². The summed E-state index contributed by atoms with van der Waals surface area (Å²) in [4.78, 5) is 44.0. The number of nitrogens with zero attached hydrogens (tertiary/aromatic N) is 4. The molecule has 0 aliphatic carbocycles. The van der Waals surface area contributed by atoms with Gasteiger partial charge in [0.05, 0.1) is 13.2 Å². The molecule has 2 heterocycles. The van der Waals surface area contributed by atoms with E-state index in [1.807, 2.05) is 0 Å². The van der Waals surface area contributed by atoms with Gasteiger partial charge in [0, 0.05) is 29.7 Å². The second-order valence-corrected chi connectivity index (χ2v) is 13.6. The molecule has 1 aliphatic rings. The van der Waals surface area contributed by atoms with Crippen LogP contribution in [0.25, 0.3) is 10.4 Å². The van der Waals surface area contributed by atoms with Gasteiger partial charge >= 0.3 is 13.5 Å². The highest BCUT2D eigenvalue weighted by Crippen LogP contribution is 2.49. The molecular weight excluding hydrogens is 633 g/mol. The highest BCUT2D eigenvalue weighted by atomic mass is 31.2. The Labute approximate surface area is 277 Å². The third kappa shape index (κ3) is 17.1. The van der Waals surface area contributed by atoms with E-state index >= 15 is 0 Å². The summed E-state index contributed by atoms with van der Waals surface area (Å²) in [5, 5.41) is 12.7. The summed E-state index contributed by atoms with van der Waals surface area (Å²) in [7, 11) is -4.76. The zero-order chi connectivity index (χ0) is 34.3. The maximum Gasteiger partial charge on any atom is 0.472 e. The average Bonchev–Trinajstić information content (AvgIpc) is 3.42. The number of ether oxygens (including phenoxy) is 2. The van der Waals surface area contributed by atoms with E-state index in [-0.39, 0.29) is 25.2 Å². The molecule has 1 saturated heterocycles. The molecule has 1 unspecified atom stereocenters. The molecule has 1 aromatic heterocycles. The number of unbranched alkanes of at least 4 members (excludes halogenated alkanes) is 15. The Hall–Kier alpha value is -2.22. The number of aromatic amines is 1. The fraction of sp³-hybridized carbons (Fsp3) is 0.871. The number of H-pyrrole nitrogens is 1. The maximum atomic E-state index is 12.9. The molecule has 0 saturated carbocycles. The van der Waals surface area contributed by atoms with Gasteiger partial charge in [-0.3, -0.25) is 23.4 Å². The molecule has 15 nitrogen and oxygen atoms in total. The van der Waals surface area contributed by atoms with Gasteiger partial charge in [-0.1, -0.05) is 103 Å². The number of hydrogen-bond donors (Lipinski definition) is 3. The minimum absolute atomic E-state index is 0.0941. The lowest BCUT2D eigenvalue weighted by molar-refractivity contribution is -0.0672. The molecule has 0 bridgehead atoms. The first-order valence-electron chi connectivity index (χ1n) is 17.2. The summed E-state index contributed by atoms with van der Waals surface area (Å²) in [6, 6.07) is 0. The Kier molecular flexibility index (Phi) is 20.9. The molecule has 16 heteroatoms. The fourth-order valence-corrected chi connectivity index (χ4v) is 6.65. The van der Waals surface area contributed by atoms with E-state index in [4.69, 9.17) is 28.9 Å². The van der Waals surface area contributed by atoms with Crippen LogP contribution in [0.2, 0.25) is 0 Å². The van der Waals surface area contributed by atoms with E-state index in [1.54, 1.807) is 0 Å². The topological polar surface area (TPSA) is 207 Å². The summed E-state index contributed by atoms with van der Waals surface area (Å²) < 4.78 is 35.9. The highest BCUT2D eigenvalue weighted by molar-refractivity contribution is 7.47. The third-order valence-corrected chi connectivity index (χ3v) is 9.27. The van der Waals surface area contributed by atoms with E-state index in [0.717, 1.165) is 23.8 Å². The number of aliphatic hydroxyl groups excluding tert-OH is 1. The van der Waals surface area contributed by atoms with Gasteiger partial charge in [-0.15, -0.1) is 0 Å². The molecule has 47 heavy (non-hydrogen) atoms. The summed E-state index contributed by atoms with van der Waals surface area (Å²) >= 11 is 0. The third-order valence-electron chi connectivity index (χ3n) is 8.17. The van der Waals surface area contributed by atoms with Crippen LogP contribution in [0.15, 0.2) is 21.1 Å². The first kappa shape index (κ1) is 41.0. The second-order valence-electron chi connectivity index (χ2n) is 12.2. The Morgan fingerprint density at radius 2 is 1.62 bits per heavy atom. The van der Waals surface area contributed by atoms with Crippen LogP contribution in [-0.4, -0.2) is 64.3 Å². The summed E-state index contributed by atoms with van der Waals surface area (Å²) in [5.41, 5.74) is 7.46. The minimum Gasteiger partial charge on any atom is -0.431 e. The Balaban J connectivity index is 1.64. The van der Waals surface area contributed by atoms with Crippen molar-refractivity contribution >= 4 is 7.82 Å². The molecule has 270 valence electrons. The van der Waals surface area contributed by atoms with Gasteiger partial charge in [0.25, 0.3) is 5.56 Å². The molecule has 0 amide bonds. The molecule has 3 N–H and O–H groups in total. The fourth-order valence-electron chi connectivity index (χ4n) is 5.53. The Morgan fingerprint density at radius 1 is 1.04 bits per heavy atom. The van der Waals surface area contributed by atoms with Gasteiger partial charge in [0.2, 0.25) is 0 Å². The first-order chi connectivity index (χ1) is 22.7. The van der Waals surface area contributed by atoms with Crippen LogP contribution in [0.4, 0.5) is 0 Å². The van der Waals surface area contributed by atoms with Crippen LogP contribution >= 0.6 is 7.82 Å².